The van der Waals surface area contributed by atoms with Gasteiger partial charge in [0.2, 0.25) is 22.5 Å². The number of carbonyl (C=O) groups is 1. The second kappa shape index (κ2) is 11.3. The lowest BCUT2D eigenvalue weighted by Crippen LogP contribution is -2.45. The number of sulfonamides is 1. The van der Waals surface area contributed by atoms with Gasteiger partial charge in [0.1, 0.15) is 4.70 Å². The molecule has 0 bridgehead atoms. The van der Waals surface area contributed by atoms with Gasteiger partial charge in [-0.1, -0.05) is 41.2 Å². The van der Waals surface area contributed by atoms with Crippen molar-refractivity contribution in [3.63, 3.8) is 0 Å². The Hall–Kier alpha value is -2.49. The maximum absolute atomic E-state index is 12.4. The molecule has 0 fully saturated rings. The number of hydrogen-bond acceptors (Lipinski definition) is 9. The second-order valence-corrected chi connectivity index (χ2v) is 14.2. The van der Waals surface area contributed by atoms with E-state index in [1.807, 2.05) is 35.2 Å². The van der Waals surface area contributed by atoms with Crippen LogP contribution >= 0.6 is 34.3 Å². The molecule has 0 aliphatic carbocycles. The fourth-order valence-corrected chi connectivity index (χ4v) is 7.25. The zero-order valence-corrected chi connectivity index (χ0v) is 24.4. The molecule has 0 spiro atoms. The number of halogens is 1. The average molecular weight is 619 g/mol. The van der Waals surface area contributed by atoms with Gasteiger partial charge in [0.05, 0.1) is 17.7 Å². The van der Waals surface area contributed by atoms with Crippen molar-refractivity contribution in [1.29, 1.82) is 0 Å². The first-order valence-electron chi connectivity index (χ1n) is 11.4. The summed E-state index contributed by atoms with van der Waals surface area (Å²) >= 11 is 9.11. The van der Waals surface area contributed by atoms with Crippen molar-refractivity contribution in [3.05, 3.63) is 57.2 Å². The number of anilines is 1. The molecule has 1 aromatic carbocycles. The first kappa shape index (κ1) is 28.5. The average Bonchev–Trinajstić information content (AvgIpc) is 3.46. The number of hydrogen-bond donors (Lipinski definition) is 2. The molecule has 2 aromatic heterocycles. The molecule has 0 radical (unpaired) electrons. The maximum atomic E-state index is 12.4. The highest BCUT2D eigenvalue weighted by Gasteiger charge is 2.28. The van der Waals surface area contributed by atoms with Gasteiger partial charge in [-0.2, -0.15) is 13.0 Å². The van der Waals surface area contributed by atoms with Crippen LogP contribution in [0.25, 0.3) is 15.6 Å². The normalized spacial score (nSPS) is 15.2. The van der Waals surface area contributed by atoms with Gasteiger partial charge in [-0.3, -0.25) is 9.35 Å². The summed E-state index contributed by atoms with van der Waals surface area (Å²) in [5.74, 6) is -0.0179. The van der Waals surface area contributed by atoms with E-state index in [1.165, 1.54) is 22.7 Å². The molecule has 3 aromatic rings. The van der Waals surface area contributed by atoms with E-state index < -0.39 is 31.8 Å². The molecular formula is C23H25ClN3O7S4+. The van der Waals surface area contributed by atoms with E-state index in [9.17, 15) is 21.6 Å². The van der Waals surface area contributed by atoms with Crippen LogP contribution in [0.4, 0.5) is 5.69 Å². The summed E-state index contributed by atoms with van der Waals surface area (Å²) in [5, 5.41) is 3.15. The largest absolute Gasteiger partial charge is 0.439 e. The Kier molecular flexibility index (Phi) is 8.49. The predicted molar refractivity (Wildman–Crippen MR) is 150 cm³/mol. The molecule has 10 nitrogen and oxygen atoms in total. The Morgan fingerprint density at radius 2 is 2.03 bits per heavy atom. The van der Waals surface area contributed by atoms with Crippen molar-refractivity contribution in [3.8, 4) is 5.75 Å². The SMILES string of the molecule is CCC(=Cc1sc2ccsc2[n+]1CC(=O)NS(C)(=O)=O)C=C1Oc2ccc(Cl)cc2N1CCCS(=O)(=O)O. The van der Waals surface area contributed by atoms with Gasteiger partial charge in [0.25, 0.3) is 25.9 Å². The first-order chi connectivity index (χ1) is 17.8. The quantitative estimate of drug-likeness (QED) is 0.259. The summed E-state index contributed by atoms with van der Waals surface area (Å²) in [4.78, 5) is 15.1. The van der Waals surface area contributed by atoms with E-state index >= 15 is 0 Å². The number of thiophene rings is 1. The molecule has 1 amide bonds. The number of rotatable bonds is 10. The molecule has 38 heavy (non-hydrogen) atoms. The summed E-state index contributed by atoms with van der Waals surface area (Å²) < 4.78 is 65.5. The number of carbonyl (C=O) groups excluding carboxylic acids is 1. The van der Waals surface area contributed by atoms with Crippen molar-refractivity contribution in [2.45, 2.75) is 26.3 Å². The molecule has 0 saturated carbocycles. The molecule has 1 aliphatic heterocycles. The standard InChI is InChI=1S/C23H24ClN3O7S4/c1-3-15(12-22-27(14-20(28)25-37(2,29)30)23-19(36-22)7-9-35-23)11-21-26(8-4-10-38(31,32)33)17-13-16(24)5-6-18(17)34-21/h5-7,9,11-13H,3-4,8,10,14H2,1-2H3,(H-,25,28,31,32,33)/p+1. The third-order valence-corrected chi connectivity index (χ3v) is 9.24. The van der Waals surface area contributed by atoms with Gasteiger partial charge < -0.3 is 9.64 Å². The molecule has 0 saturated heterocycles. The van der Waals surface area contributed by atoms with Crippen LogP contribution in [0.15, 0.2) is 47.2 Å². The molecular weight excluding hydrogens is 594 g/mol. The molecule has 0 atom stereocenters. The number of amides is 1. The van der Waals surface area contributed by atoms with Crippen molar-refractivity contribution < 1.29 is 35.5 Å². The highest BCUT2D eigenvalue weighted by atomic mass is 35.5. The Labute approximate surface area is 233 Å². The molecule has 15 heteroatoms. The summed E-state index contributed by atoms with van der Waals surface area (Å²) in [7, 11) is -7.81. The van der Waals surface area contributed by atoms with Crippen molar-refractivity contribution in [1.82, 2.24) is 4.72 Å². The fraction of sp³-hybridized carbons (Fsp3) is 0.304. The predicted octanol–water partition coefficient (Wildman–Crippen LogP) is 3.79. The van der Waals surface area contributed by atoms with Gasteiger partial charge in [0, 0.05) is 23.7 Å². The van der Waals surface area contributed by atoms with Crippen LogP contribution in [0.2, 0.25) is 5.02 Å². The number of nitrogens with one attached hydrogen (secondary N) is 1. The Morgan fingerprint density at radius 3 is 2.71 bits per heavy atom. The summed E-state index contributed by atoms with van der Waals surface area (Å²) in [6.07, 6.45) is 5.43. The number of fused-ring (bicyclic) bond motifs is 2. The molecule has 4 rings (SSSR count). The van der Waals surface area contributed by atoms with E-state index in [-0.39, 0.29) is 19.5 Å². The zero-order valence-electron chi connectivity index (χ0n) is 20.4. The lowest BCUT2D eigenvalue weighted by atomic mass is 10.2. The Bertz CT molecular complexity index is 1660. The van der Waals surface area contributed by atoms with Crippen LogP contribution < -0.4 is 18.9 Å². The van der Waals surface area contributed by atoms with Gasteiger partial charge in [-0.25, -0.2) is 13.1 Å². The highest BCUT2D eigenvalue weighted by Crippen LogP contribution is 2.41. The van der Waals surface area contributed by atoms with Crippen LogP contribution in [0, 0.1) is 0 Å². The summed E-state index contributed by atoms with van der Waals surface area (Å²) in [5.41, 5.74) is 1.53. The van der Waals surface area contributed by atoms with Gasteiger partial charge in [0.15, 0.2) is 5.75 Å². The number of aromatic nitrogens is 1. The van der Waals surface area contributed by atoms with Crippen LogP contribution in [0.3, 0.4) is 0 Å². The topological polar surface area (TPSA) is 134 Å². The number of thiazole rings is 1. The van der Waals surface area contributed by atoms with Crippen LogP contribution in [-0.2, 0) is 31.5 Å². The van der Waals surface area contributed by atoms with Crippen LogP contribution in [0.1, 0.15) is 24.8 Å². The lowest BCUT2D eigenvalue weighted by molar-refractivity contribution is -0.653. The summed E-state index contributed by atoms with van der Waals surface area (Å²) in [6.45, 7) is 2.05. The minimum Gasteiger partial charge on any atom is -0.439 e. The van der Waals surface area contributed by atoms with E-state index in [2.05, 4.69) is 0 Å². The third-order valence-electron chi connectivity index (χ3n) is 5.44. The van der Waals surface area contributed by atoms with E-state index in [0.717, 1.165) is 26.4 Å². The molecule has 0 unspecified atom stereocenters. The zero-order chi connectivity index (χ0) is 27.7. The molecule has 204 valence electrons. The minimum absolute atomic E-state index is 0.160. The van der Waals surface area contributed by atoms with Crippen LogP contribution in [-0.4, -0.2) is 45.8 Å². The molecule has 3 heterocycles. The Morgan fingerprint density at radius 1 is 1.26 bits per heavy atom. The fourth-order valence-electron chi connectivity index (χ4n) is 3.85. The van der Waals surface area contributed by atoms with Gasteiger partial charge in [-0.05, 0) is 48.1 Å². The van der Waals surface area contributed by atoms with Crippen molar-refractivity contribution in [2.24, 2.45) is 0 Å². The molecule has 2 N–H and O–H groups in total. The number of allylic oxidation sites excluding steroid dienone is 2. The Balaban J connectivity index is 1.69. The van der Waals surface area contributed by atoms with E-state index in [1.54, 1.807) is 27.7 Å². The van der Waals surface area contributed by atoms with Crippen molar-refractivity contribution in [2.75, 3.05) is 23.5 Å². The summed E-state index contributed by atoms with van der Waals surface area (Å²) in [6, 6.07) is 7.08. The maximum Gasteiger partial charge on any atom is 0.299 e. The minimum atomic E-state index is -4.12. The first-order valence-corrected chi connectivity index (χ1v) is 16.9. The van der Waals surface area contributed by atoms with Crippen molar-refractivity contribution >= 4 is 81.6 Å². The smallest absolute Gasteiger partial charge is 0.299 e. The van der Waals surface area contributed by atoms with Crippen LogP contribution in [0.5, 0.6) is 5.75 Å². The number of nitrogens with zero attached hydrogens (tertiary/aromatic N) is 2. The lowest BCUT2D eigenvalue weighted by Gasteiger charge is -2.18. The third kappa shape index (κ3) is 7.12. The van der Waals surface area contributed by atoms with Gasteiger partial charge >= 0.3 is 0 Å². The van der Waals surface area contributed by atoms with Gasteiger partial charge in [-0.15, -0.1) is 0 Å². The van der Waals surface area contributed by atoms with E-state index in [0.29, 0.717) is 28.8 Å². The monoisotopic (exact) mass is 618 g/mol. The highest BCUT2D eigenvalue weighted by molar-refractivity contribution is 7.89. The number of benzene rings is 1. The van der Waals surface area contributed by atoms with E-state index in [4.69, 9.17) is 20.9 Å². The molecule has 1 aliphatic rings. The second-order valence-electron chi connectivity index (χ2n) is 8.47. The number of ether oxygens (including phenoxy) is 1.